The van der Waals surface area contributed by atoms with E-state index in [0.717, 1.165) is 22.2 Å². The molecule has 0 aliphatic rings. The molecule has 0 aliphatic carbocycles. The maximum absolute atomic E-state index is 5.62. The Morgan fingerprint density at radius 2 is 2.00 bits per heavy atom. The summed E-state index contributed by atoms with van der Waals surface area (Å²) < 4.78 is 12.0. The highest BCUT2D eigenvalue weighted by atomic mass is 79.9. The van der Waals surface area contributed by atoms with E-state index in [-0.39, 0.29) is 0 Å². The Balaban J connectivity index is 3.06. The molecule has 94 valence electrons. The van der Waals surface area contributed by atoms with Gasteiger partial charge in [-0.3, -0.25) is 0 Å². The van der Waals surface area contributed by atoms with Crippen molar-refractivity contribution in [3.05, 3.63) is 22.2 Å². The van der Waals surface area contributed by atoms with Gasteiger partial charge in [0.1, 0.15) is 0 Å². The van der Waals surface area contributed by atoms with Crippen LogP contribution >= 0.6 is 15.9 Å². The first-order chi connectivity index (χ1) is 8.22. The summed E-state index contributed by atoms with van der Waals surface area (Å²) in [5.41, 5.74) is 0.861. The molecule has 0 aliphatic heterocycles. The third-order valence-corrected chi connectivity index (χ3v) is 2.72. The van der Waals surface area contributed by atoms with E-state index < -0.39 is 0 Å². The molecule has 0 heterocycles. The predicted molar refractivity (Wildman–Crippen MR) is 72.9 cm³/mol. The normalized spacial score (nSPS) is 10.8. The van der Waals surface area contributed by atoms with E-state index in [4.69, 9.17) is 15.3 Å². The summed E-state index contributed by atoms with van der Waals surface area (Å²) in [6.07, 6.45) is 2.52. The highest BCUT2D eigenvalue weighted by molar-refractivity contribution is 9.10. The van der Waals surface area contributed by atoms with Crippen LogP contribution in [-0.4, -0.2) is 19.4 Å². The van der Waals surface area contributed by atoms with E-state index in [1.165, 1.54) is 0 Å². The van der Waals surface area contributed by atoms with Crippen LogP contribution in [0.15, 0.2) is 21.7 Å². The highest BCUT2D eigenvalue weighted by Crippen LogP contribution is 2.33. The van der Waals surface area contributed by atoms with Gasteiger partial charge in [-0.2, -0.15) is 5.10 Å². The Morgan fingerprint density at radius 3 is 2.59 bits per heavy atom. The zero-order valence-electron chi connectivity index (χ0n) is 10.1. The molecule has 1 aromatic carbocycles. The van der Waals surface area contributed by atoms with Crippen molar-refractivity contribution in [2.75, 3.05) is 13.2 Å². The van der Waals surface area contributed by atoms with Crippen LogP contribution in [0.3, 0.4) is 0 Å². The fourth-order valence-corrected chi connectivity index (χ4v) is 1.75. The van der Waals surface area contributed by atoms with E-state index in [9.17, 15) is 0 Å². The minimum atomic E-state index is 0.587. The van der Waals surface area contributed by atoms with Gasteiger partial charge in [0.05, 0.1) is 19.4 Å². The Morgan fingerprint density at radius 1 is 1.29 bits per heavy atom. The van der Waals surface area contributed by atoms with Gasteiger partial charge in [-0.05, 0) is 41.4 Å². The van der Waals surface area contributed by atoms with Gasteiger partial charge in [0.25, 0.3) is 0 Å². The topological polar surface area (TPSA) is 56.8 Å². The van der Waals surface area contributed by atoms with Crippen molar-refractivity contribution in [3.8, 4) is 11.5 Å². The Labute approximate surface area is 110 Å². The molecule has 0 fully saturated rings. The molecule has 17 heavy (non-hydrogen) atoms. The van der Waals surface area contributed by atoms with Gasteiger partial charge in [-0.1, -0.05) is 6.92 Å². The standard InChI is InChI=1S/C12H17BrN2O2/c1-3-5-17-12-7-10(13)9(8-15-14)6-11(12)16-4-2/h6-8H,3-5,14H2,1-2H3. The summed E-state index contributed by atoms with van der Waals surface area (Å²) in [4.78, 5) is 0. The quantitative estimate of drug-likeness (QED) is 0.499. The zero-order valence-corrected chi connectivity index (χ0v) is 11.7. The fraction of sp³-hybridized carbons (Fsp3) is 0.417. The first-order valence-corrected chi connectivity index (χ1v) is 6.34. The molecule has 0 saturated heterocycles. The van der Waals surface area contributed by atoms with Gasteiger partial charge < -0.3 is 15.3 Å². The van der Waals surface area contributed by atoms with Crippen LogP contribution < -0.4 is 15.3 Å². The molecule has 0 atom stereocenters. The second kappa shape index (κ2) is 7.17. The van der Waals surface area contributed by atoms with Crippen molar-refractivity contribution in [1.82, 2.24) is 0 Å². The van der Waals surface area contributed by atoms with Gasteiger partial charge in [0.2, 0.25) is 0 Å². The van der Waals surface area contributed by atoms with Crippen molar-refractivity contribution >= 4 is 22.1 Å². The molecule has 0 amide bonds. The molecule has 0 saturated carbocycles. The first kappa shape index (κ1) is 13.8. The summed E-state index contributed by atoms with van der Waals surface area (Å²) in [5.74, 6) is 6.59. The lowest BCUT2D eigenvalue weighted by Crippen LogP contribution is -2.01. The smallest absolute Gasteiger partial charge is 0.162 e. The lowest BCUT2D eigenvalue weighted by Gasteiger charge is -2.13. The molecule has 0 spiro atoms. The van der Waals surface area contributed by atoms with Crippen molar-refractivity contribution in [3.63, 3.8) is 0 Å². The van der Waals surface area contributed by atoms with Crippen LogP contribution in [0.5, 0.6) is 11.5 Å². The SMILES string of the molecule is CCCOc1cc(Br)c(C=NN)cc1OCC. The summed E-state index contributed by atoms with van der Waals surface area (Å²) in [6.45, 7) is 5.24. The molecular weight excluding hydrogens is 284 g/mol. The predicted octanol–water partition coefficient (Wildman–Crippen LogP) is 2.93. The highest BCUT2D eigenvalue weighted by Gasteiger charge is 2.09. The van der Waals surface area contributed by atoms with E-state index in [1.807, 2.05) is 19.1 Å². The van der Waals surface area contributed by atoms with Crippen LogP contribution in [0, 0.1) is 0 Å². The largest absolute Gasteiger partial charge is 0.490 e. The minimum absolute atomic E-state index is 0.587. The molecule has 1 aromatic rings. The molecule has 0 unspecified atom stereocenters. The number of nitrogens with two attached hydrogens (primary N) is 1. The van der Waals surface area contributed by atoms with Crippen molar-refractivity contribution < 1.29 is 9.47 Å². The number of hydrogen-bond acceptors (Lipinski definition) is 4. The van der Waals surface area contributed by atoms with Crippen LogP contribution in [0.25, 0.3) is 0 Å². The van der Waals surface area contributed by atoms with Crippen molar-refractivity contribution in [2.24, 2.45) is 10.9 Å². The van der Waals surface area contributed by atoms with Crippen LogP contribution in [-0.2, 0) is 0 Å². The second-order valence-electron chi connectivity index (χ2n) is 3.38. The van der Waals surface area contributed by atoms with Gasteiger partial charge in [-0.25, -0.2) is 0 Å². The van der Waals surface area contributed by atoms with E-state index >= 15 is 0 Å². The Hall–Kier alpha value is -1.23. The lowest BCUT2D eigenvalue weighted by molar-refractivity contribution is 0.276. The second-order valence-corrected chi connectivity index (χ2v) is 4.23. The average Bonchev–Trinajstić information content (AvgIpc) is 2.32. The molecule has 0 radical (unpaired) electrons. The number of hydrazone groups is 1. The molecule has 4 nitrogen and oxygen atoms in total. The van der Waals surface area contributed by atoms with E-state index in [1.54, 1.807) is 6.21 Å². The van der Waals surface area contributed by atoms with E-state index in [2.05, 4.69) is 28.0 Å². The molecular formula is C12H17BrN2O2. The minimum Gasteiger partial charge on any atom is -0.490 e. The zero-order chi connectivity index (χ0) is 12.7. The lowest BCUT2D eigenvalue weighted by atomic mass is 10.2. The maximum atomic E-state index is 5.62. The van der Waals surface area contributed by atoms with Crippen LogP contribution in [0.2, 0.25) is 0 Å². The van der Waals surface area contributed by atoms with Crippen LogP contribution in [0.1, 0.15) is 25.8 Å². The van der Waals surface area contributed by atoms with Crippen molar-refractivity contribution in [1.29, 1.82) is 0 Å². The molecule has 0 aromatic heterocycles. The van der Waals surface area contributed by atoms with E-state index in [0.29, 0.717) is 19.0 Å². The monoisotopic (exact) mass is 300 g/mol. The number of halogens is 1. The summed E-state index contributed by atoms with van der Waals surface area (Å²) >= 11 is 3.44. The van der Waals surface area contributed by atoms with Gasteiger partial charge in [-0.15, -0.1) is 0 Å². The Kier molecular flexibility index (Phi) is 5.83. The Bertz CT molecular complexity index is 394. The summed E-state index contributed by atoms with van der Waals surface area (Å²) in [5, 5.41) is 3.51. The summed E-state index contributed by atoms with van der Waals surface area (Å²) in [7, 11) is 0. The molecule has 1 rings (SSSR count). The average molecular weight is 301 g/mol. The number of hydrogen-bond donors (Lipinski definition) is 1. The number of nitrogens with zero attached hydrogens (tertiary/aromatic N) is 1. The molecule has 2 N–H and O–H groups in total. The first-order valence-electron chi connectivity index (χ1n) is 5.55. The number of benzene rings is 1. The van der Waals surface area contributed by atoms with Gasteiger partial charge in [0.15, 0.2) is 11.5 Å². The number of rotatable bonds is 6. The summed E-state index contributed by atoms with van der Waals surface area (Å²) in [6, 6.07) is 3.73. The van der Waals surface area contributed by atoms with Crippen molar-refractivity contribution in [2.45, 2.75) is 20.3 Å². The van der Waals surface area contributed by atoms with Crippen LogP contribution in [0.4, 0.5) is 0 Å². The van der Waals surface area contributed by atoms with Gasteiger partial charge >= 0.3 is 0 Å². The maximum Gasteiger partial charge on any atom is 0.162 e. The molecule has 0 bridgehead atoms. The third kappa shape index (κ3) is 3.93. The van der Waals surface area contributed by atoms with Gasteiger partial charge in [0, 0.05) is 10.0 Å². The third-order valence-electron chi connectivity index (χ3n) is 2.04. The fourth-order valence-electron chi connectivity index (χ4n) is 1.32. The molecule has 5 heteroatoms. The number of ether oxygens (including phenoxy) is 2.